The van der Waals surface area contributed by atoms with Crippen LogP contribution in [-0.4, -0.2) is 17.4 Å². The third kappa shape index (κ3) is 3.83. The van der Waals surface area contributed by atoms with Gasteiger partial charge in [0.25, 0.3) is 5.91 Å². The Hall–Kier alpha value is -1.30. The summed E-state index contributed by atoms with van der Waals surface area (Å²) in [6, 6.07) is 5.24. The molecule has 2 rings (SSSR count). The summed E-state index contributed by atoms with van der Waals surface area (Å²) >= 11 is 13.2. The summed E-state index contributed by atoms with van der Waals surface area (Å²) < 4.78 is 0.742. The van der Waals surface area contributed by atoms with Crippen LogP contribution in [0.1, 0.15) is 15.2 Å². The minimum Gasteiger partial charge on any atom is -0.384 e. The SMILES string of the molecule is Nc1cc(C(=O)NCCc2ccc(Cl)s2)c(Cl)cn1. The molecule has 19 heavy (non-hydrogen) atoms. The van der Waals surface area contributed by atoms with Crippen molar-refractivity contribution < 1.29 is 4.79 Å². The van der Waals surface area contributed by atoms with Crippen LogP contribution in [0.3, 0.4) is 0 Å². The van der Waals surface area contributed by atoms with Gasteiger partial charge in [-0.05, 0) is 24.6 Å². The lowest BCUT2D eigenvalue weighted by Gasteiger charge is -2.06. The third-order valence-corrected chi connectivity index (χ3v) is 4.00. The summed E-state index contributed by atoms with van der Waals surface area (Å²) in [5.74, 6) is 0.00124. The molecule has 0 fully saturated rings. The summed E-state index contributed by atoms with van der Waals surface area (Å²) in [7, 11) is 0. The Kier molecular flexibility index (Phi) is 4.63. The second kappa shape index (κ2) is 6.23. The van der Waals surface area contributed by atoms with Crippen molar-refractivity contribution in [3.8, 4) is 0 Å². The number of thiophene rings is 1. The van der Waals surface area contributed by atoms with Crippen molar-refractivity contribution in [2.45, 2.75) is 6.42 Å². The van der Waals surface area contributed by atoms with Crippen molar-refractivity contribution in [2.75, 3.05) is 12.3 Å². The van der Waals surface area contributed by atoms with Gasteiger partial charge in [-0.1, -0.05) is 23.2 Å². The second-order valence-electron chi connectivity index (χ2n) is 3.80. The molecular formula is C12H11Cl2N3OS. The number of pyridine rings is 1. The average Bonchev–Trinajstić information content (AvgIpc) is 2.78. The van der Waals surface area contributed by atoms with Gasteiger partial charge in [-0.25, -0.2) is 4.98 Å². The summed E-state index contributed by atoms with van der Waals surface area (Å²) in [6.45, 7) is 0.508. The van der Waals surface area contributed by atoms with Crippen molar-refractivity contribution in [2.24, 2.45) is 0 Å². The van der Waals surface area contributed by atoms with E-state index >= 15 is 0 Å². The van der Waals surface area contributed by atoms with Gasteiger partial charge in [-0.2, -0.15) is 0 Å². The Morgan fingerprint density at radius 1 is 1.42 bits per heavy atom. The fourth-order valence-corrected chi connectivity index (χ4v) is 2.79. The molecule has 2 heterocycles. The number of halogens is 2. The molecule has 1 amide bonds. The Morgan fingerprint density at radius 3 is 2.89 bits per heavy atom. The number of nitrogens with one attached hydrogen (secondary N) is 1. The van der Waals surface area contributed by atoms with Crippen LogP contribution >= 0.6 is 34.5 Å². The zero-order valence-electron chi connectivity index (χ0n) is 9.82. The summed E-state index contributed by atoms with van der Waals surface area (Å²) in [5, 5.41) is 3.06. The number of carbonyl (C=O) groups is 1. The molecule has 100 valence electrons. The number of amides is 1. The maximum Gasteiger partial charge on any atom is 0.253 e. The maximum atomic E-state index is 11.9. The van der Waals surface area contributed by atoms with Crippen molar-refractivity contribution in [3.63, 3.8) is 0 Å². The van der Waals surface area contributed by atoms with Crippen LogP contribution in [0.15, 0.2) is 24.4 Å². The lowest BCUT2D eigenvalue weighted by molar-refractivity contribution is 0.0954. The number of hydrogen-bond acceptors (Lipinski definition) is 4. The topological polar surface area (TPSA) is 68.0 Å². The van der Waals surface area contributed by atoms with E-state index in [9.17, 15) is 4.79 Å². The molecule has 0 aromatic carbocycles. The zero-order chi connectivity index (χ0) is 13.8. The monoisotopic (exact) mass is 315 g/mol. The smallest absolute Gasteiger partial charge is 0.253 e. The van der Waals surface area contributed by atoms with Crippen molar-refractivity contribution in [1.82, 2.24) is 10.3 Å². The van der Waals surface area contributed by atoms with E-state index in [4.69, 9.17) is 28.9 Å². The van der Waals surface area contributed by atoms with Crippen molar-refractivity contribution in [1.29, 1.82) is 0 Å². The number of anilines is 1. The van der Waals surface area contributed by atoms with E-state index in [-0.39, 0.29) is 16.7 Å². The molecule has 0 saturated carbocycles. The van der Waals surface area contributed by atoms with Crippen molar-refractivity contribution in [3.05, 3.63) is 44.2 Å². The Labute approximate surface area is 124 Å². The number of hydrogen-bond donors (Lipinski definition) is 2. The largest absolute Gasteiger partial charge is 0.384 e. The van der Waals surface area contributed by atoms with E-state index in [1.54, 1.807) is 0 Å². The summed E-state index contributed by atoms with van der Waals surface area (Å²) in [6.07, 6.45) is 2.09. The lowest BCUT2D eigenvalue weighted by atomic mass is 10.2. The summed E-state index contributed by atoms with van der Waals surface area (Å²) in [5.41, 5.74) is 5.86. The number of nitrogens with two attached hydrogens (primary N) is 1. The molecule has 2 aromatic rings. The molecule has 0 aliphatic heterocycles. The van der Waals surface area contributed by atoms with Gasteiger partial charge in [0.05, 0.1) is 14.9 Å². The average molecular weight is 316 g/mol. The first kappa shape index (κ1) is 14.1. The van der Waals surface area contributed by atoms with Crippen LogP contribution in [0.5, 0.6) is 0 Å². The second-order valence-corrected chi connectivity index (χ2v) is 6.01. The molecule has 7 heteroatoms. The fourth-order valence-electron chi connectivity index (χ4n) is 1.51. The van der Waals surface area contributed by atoms with Crippen LogP contribution in [0.4, 0.5) is 5.82 Å². The van der Waals surface area contributed by atoms with E-state index in [1.165, 1.54) is 23.6 Å². The number of nitrogens with zero attached hydrogens (tertiary/aromatic N) is 1. The first-order valence-electron chi connectivity index (χ1n) is 5.49. The Morgan fingerprint density at radius 2 is 2.21 bits per heavy atom. The van der Waals surface area contributed by atoms with E-state index in [0.29, 0.717) is 12.1 Å². The molecule has 0 aliphatic rings. The molecule has 0 spiro atoms. The number of aromatic nitrogens is 1. The number of rotatable bonds is 4. The number of nitrogen functional groups attached to an aromatic ring is 1. The molecule has 0 saturated heterocycles. The van der Waals surface area contributed by atoms with Crippen LogP contribution in [0.25, 0.3) is 0 Å². The number of carbonyl (C=O) groups excluding carboxylic acids is 1. The van der Waals surface area contributed by atoms with Gasteiger partial charge in [0, 0.05) is 17.6 Å². The van der Waals surface area contributed by atoms with Gasteiger partial charge < -0.3 is 11.1 Å². The highest BCUT2D eigenvalue weighted by atomic mass is 35.5. The highest BCUT2D eigenvalue weighted by molar-refractivity contribution is 7.16. The maximum absolute atomic E-state index is 11.9. The van der Waals surface area contributed by atoms with Gasteiger partial charge in [0.1, 0.15) is 5.82 Å². The normalized spacial score (nSPS) is 10.4. The van der Waals surface area contributed by atoms with E-state index < -0.39 is 0 Å². The van der Waals surface area contributed by atoms with Gasteiger partial charge in [0.15, 0.2) is 0 Å². The molecule has 0 unspecified atom stereocenters. The van der Waals surface area contributed by atoms with Crippen LogP contribution in [-0.2, 0) is 6.42 Å². The predicted octanol–water partition coefficient (Wildman–Crippen LogP) is 3.00. The minimum absolute atomic E-state index is 0.262. The van der Waals surface area contributed by atoms with Gasteiger partial charge in [-0.15, -0.1) is 11.3 Å². The van der Waals surface area contributed by atoms with Crippen LogP contribution in [0, 0.1) is 0 Å². The standard InChI is InChI=1S/C12H11Cl2N3OS/c13-9-6-17-11(15)5-8(9)12(18)16-4-3-7-1-2-10(14)19-7/h1-2,5-6H,3-4H2,(H2,15,17)(H,16,18). The van der Waals surface area contributed by atoms with Gasteiger partial charge in [-0.3, -0.25) is 4.79 Å². The zero-order valence-corrected chi connectivity index (χ0v) is 12.1. The van der Waals surface area contributed by atoms with Crippen LogP contribution < -0.4 is 11.1 Å². The first-order chi connectivity index (χ1) is 9.06. The van der Waals surface area contributed by atoms with E-state index in [0.717, 1.165) is 15.6 Å². The minimum atomic E-state index is -0.262. The molecule has 3 N–H and O–H groups in total. The third-order valence-electron chi connectivity index (χ3n) is 2.41. The molecule has 0 aliphatic carbocycles. The van der Waals surface area contributed by atoms with Gasteiger partial charge in [0.2, 0.25) is 0 Å². The van der Waals surface area contributed by atoms with Crippen molar-refractivity contribution >= 4 is 46.3 Å². The summed E-state index contributed by atoms with van der Waals surface area (Å²) in [4.78, 5) is 16.8. The molecule has 0 atom stereocenters. The van der Waals surface area contributed by atoms with E-state index in [2.05, 4.69) is 10.3 Å². The fraction of sp³-hybridized carbons (Fsp3) is 0.167. The quantitative estimate of drug-likeness (QED) is 0.911. The molecule has 4 nitrogen and oxygen atoms in total. The highest BCUT2D eigenvalue weighted by Crippen LogP contribution is 2.21. The molecular weight excluding hydrogens is 305 g/mol. The Bertz CT molecular complexity index is 600. The van der Waals surface area contributed by atoms with E-state index in [1.807, 2.05) is 12.1 Å². The molecule has 0 bridgehead atoms. The predicted molar refractivity (Wildman–Crippen MR) is 79.0 cm³/mol. The first-order valence-corrected chi connectivity index (χ1v) is 7.07. The lowest BCUT2D eigenvalue weighted by Crippen LogP contribution is -2.26. The molecule has 2 aromatic heterocycles. The highest BCUT2D eigenvalue weighted by Gasteiger charge is 2.11. The van der Waals surface area contributed by atoms with Gasteiger partial charge >= 0.3 is 0 Å². The Balaban J connectivity index is 1.92. The van der Waals surface area contributed by atoms with Crippen LogP contribution in [0.2, 0.25) is 9.36 Å². The molecule has 0 radical (unpaired) electrons.